The smallest absolute Gasteiger partial charge is 0.462 e. The van der Waals surface area contributed by atoms with Crippen LogP contribution in [0.3, 0.4) is 0 Å². The SMILES string of the molecule is CC/C=C\C/C=C\C/C=C\CCCCCCCC(=O)OCC(COP(=O)(O)OCC(O)COP(=O)(O)OCC(COC(=O)CCCCCCC/C=C\C/C=C\CCC)OC(=O)CCCCCCC/C=C\CCCCCC)OC(=O)CCCCCCC/C=C\C/C=C\CCC. The van der Waals surface area contributed by atoms with Gasteiger partial charge in [0.1, 0.15) is 19.3 Å². The van der Waals surface area contributed by atoms with Crippen molar-refractivity contribution in [3.63, 3.8) is 0 Å². The van der Waals surface area contributed by atoms with Crippen LogP contribution in [0.5, 0.6) is 0 Å². The van der Waals surface area contributed by atoms with Gasteiger partial charge in [0.05, 0.1) is 26.4 Å². The highest BCUT2D eigenvalue weighted by Crippen LogP contribution is 2.45. The van der Waals surface area contributed by atoms with Gasteiger partial charge in [-0.1, -0.05) is 234 Å². The third-order valence-electron chi connectivity index (χ3n) is 15.0. The van der Waals surface area contributed by atoms with Gasteiger partial charge in [0.15, 0.2) is 12.2 Å². The quantitative estimate of drug-likeness (QED) is 0.0169. The molecule has 5 atom stereocenters. The van der Waals surface area contributed by atoms with Crippen LogP contribution in [0.1, 0.15) is 297 Å². The van der Waals surface area contributed by atoms with Gasteiger partial charge in [0.2, 0.25) is 0 Å². The molecule has 0 aliphatic rings. The molecule has 0 aromatic rings. The number of hydrogen-bond acceptors (Lipinski definition) is 15. The Morgan fingerprint density at radius 2 is 0.574 bits per heavy atom. The van der Waals surface area contributed by atoms with Crippen LogP contribution in [0.15, 0.2) is 97.2 Å². The fraction of sp³-hybridized carbons (Fsp3) is 0.733. The summed E-state index contributed by atoms with van der Waals surface area (Å²) in [6.45, 7) is 4.55. The van der Waals surface area contributed by atoms with Gasteiger partial charge in [-0.25, -0.2) is 9.13 Å². The van der Waals surface area contributed by atoms with Gasteiger partial charge in [-0.15, -0.1) is 0 Å². The number of aliphatic hydroxyl groups is 1. The number of phosphoric acid groups is 2. The molecule has 3 N–H and O–H groups in total. The van der Waals surface area contributed by atoms with Crippen molar-refractivity contribution >= 4 is 39.5 Å². The molecular weight excluding hydrogens is 1230 g/mol. The number of aliphatic hydroxyl groups excluding tert-OH is 1. The first-order valence-electron chi connectivity index (χ1n) is 36.5. The summed E-state index contributed by atoms with van der Waals surface area (Å²) in [4.78, 5) is 72.7. The first kappa shape index (κ1) is 90.0. The number of hydrogen-bond donors (Lipinski definition) is 3. The minimum absolute atomic E-state index is 0.0740. The lowest BCUT2D eigenvalue weighted by molar-refractivity contribution is -0.161. The van der Waals surface area contributed by atoms with Gasteiger partial charge in [-0.05, 0) is 135 Å². The summed E-state index contributed by atoms with van der Waals surface area (Å²) in [6, 6.07) is 0. The second-order valence-corrected chi connectivity index (χ2v) is 27.0. The van der Waals surface area contributed by atoms with E-state index in [1.54, 1.807) is 0 Å². The molecule has 0 rings (SSSR count). The molecule has 0 amide bonds. The highest BCUT2D eigenvalue weighted by atomic mass is 31.2. The Kier molecular flexibility index (Phi) is 64.7. The maximum absolute atomic E-state index is 13.0. The molecule has 5 unspecified atom stereocenters. The topological polar surface area (TPSA) is 237 Å². The van der Waals surface area contributed by atoms with Gasteiger partial charge in [0, 0.05) is 25.7 Å². The van der Waals surface area contributed by atoms with Crippen LogP contribution in [-0.2, 0) is 65.4 Å². The third-order valence-corrected chi connectivity index (χ3v) is 16.9. The Morgan fingerprint density at radius 1 is 0.309 bits per heavy atom. The molecule has 0 aliphatic heterocycles. The van der Waals surface area contributed by atoms with Crippen molar-refractivity contribution in [2.45, 2.75) is 316 Å². The number of carbonyl (C=O) groups is 4. The summed E-state index contributed by atoms with van der Waals surface area (Å²) in [5.74, 6) is -2.23. The fourth-order valence-corrected chi connectivity index (χ4v) is 11.0. The van der Waals surface area contributed by atoms with Gasteiger partial charge >= 0.3 is 39.5 Å². The Morgan fingerprint density at radius 3 is 0.904 bits per heavy atom. The highest BCUT2D eigenvalue weighted by molar-refractivity contribution is 7.47. The number of esters is 4. The molecule has 0 bridgehead atoms. The summed E-state index contributed by atoms with van der Waals surface area (Å²) in [6.07, 6.45) is 68.4. The molecule has 0 aromatic carbocycles. The first-order chi connectivity index (χ1) is 45.7. The van der Waals surface area contributed by atoms with Crippen molar-refractivity contribution in [2.75, 3.05) is 39.6 Å². The Labute approximate surface area is 569 Å². The van der Waals surface area contributed by atoms with E-state index in [0.29, 0.717) is 25.7 Å². The molecule has 0 fully saturated rings. The summed E-state index contributed by atoms with van der Waals surface area (Å²) >= 11 is 0. The summed E-state index contributed by atoms with van der Waals surface area (Å²) < 4.78 is 68.3. The summed E-state index contributed by atoms with van der Waals surface area (Å²) in [7, 11) is -9.95. The maximum Gasteiger partial charge on any atom is 0.472 e. The number of carbonyl (C=O) groups excluding carboxylic acids is 4. The number of rotatable bonds is 68. The van der Waals surface area contributed by atoms with Crippen LogP contribution in [0, 0.1) is 0 Å². The van der Waals surface area contributed by atoms with Gasteiger partial charge in [0.25, 0.3) is 0 Å². The third kappa shape index (κ3) is 66.6. The van der Waals surface area contributed by atoms with Gasteiger partial charge in [-0.2, -0.15) is 0 Å². The minimum atomic E-state index is -4.98. The molecule has 19 heteroatoms. The second-order valence-electron chi connectivity index (χ2n) is 24.1. The van der Waals surface area contributed by atoms with Gasteiger partial charge in [-0.3, -0.25) is 37.3 Å². The molecule has 0 radical (unpaired) electrons. The monoisotopic (exact) mass is 1360 g/mol. The predicted molar refractivity (Wildman–Crippen MR) is 381 cm³/mol. The molecule has 542 valence electrons. The van der Waals surface area contributed by atoms with E-state index >= 15 is 0 Å². The van der Waals surface area contributed by atoms with Crippen LogP contribution < -0.4 is 0 Å². The van der Waals surface area contributed by atoms with E-state index in [9.17, 15) is 43.2 Å². The van der Waals surface area contributed by atoms with E-state index in [4.69, 9.17) is 37.0 Å². The van der Waals surface area contributed by atoms with Crippen molar-refractivity contribution < 1.29 is 80.2 Å². The van der Waals surface area contributed by atoms with Crippen molar-refractivity contribution in [3.05, 3.63) is 97.2 Å². The van der Waals surface area contributed by atoms with Crippen molar-refractivity contribution in [1.29, 1.82) is 0 Å². The lowest BCUT2D eigenvalue weighted by atomic mass is 10.1. The molecule has 0 spiro atoms. The van der Waals surface area contributed by atoms with E-state index in [2.05, 4.69) is 125 Å². The molecule has 0 saturated carbocycles. The Hall–Kier alpha value is -4.02. The average Bonchev–Trinajstić information content (AvgIpc) is 1.67. The zero-order valence-electron chi connectivity index (χ0n) is 58.9. The van der Waals surface area contributed by atoms with E-state index < -0.39 is 97.5 Å². The average molecular weight is 1370 g/mol. The number of allylic oxidation sites excluding steroid dienone is 16. The molecule has 17 nitrogen and oxygen atoms in total. The molecule has 0 saturated heterocycles. The molecular formula is C75H130O17P2. The Balaban J connectivity index is 5.36. The number of unbranched alkanes of at least 4 members (excludes halogenated alkanes) is 26. The molecule has 0 aromatic heterocycles. The van der Waals surface area contributed by atoms with Crippen molar-refractivity contribution in [3.8, 4) is 0 Å². The second kappa shape index (κ2) is 67.5. The van der Waals surface area contributed by atoms with Crippen LogP contribution in [0.2, 0.25) is 0 Å². The van der Waals surface area contributed by atoms with E-state index in [-0.39, 0.29) is 25.7 Å². The lowest BCUT2D eigenvalue weighted by Gasteiger charge is -2.21. The molecule has 0 heterocycles. The fourth-order valence-electron chi connectivity index (χ4n) is 9.42. The highest BCUT2D eigenvalue weighted by Gasteiger charge is 2.30. The molecule has 94 heavy (non-hydrogen) atoms. The van der Waals surface area contributed by atoms with E-state index in [0.717, 1.165) is 193 Å². The first-order valence-corrected chi connectivity index (χ1v) is 39.5. The minimum Gasteiger partial charge on any atom is -0.462 e. The van der Waals surface area contributed by atoms with Crippen molar-refractivity contribution in [2.24, 2.45) is 0 Å². The van der Waals surface area contributed by atoms with E-state index in [1.807, 2.05) is 0 Å². The number of ether oxygens (including phenoxy) is 4. The van der Waals surface area contributed by atoms with Crippen LogP contribution in [0.4, 0.5) is 0 Å². The van der Waals surface area contributed by atoms with Crippen LogP contribution in [0.25, 0.3) is 0 Å². The maximum atomic E-state index is 13.0. The molecule has 0 aliphatic carbocycles. The van der Waals surface area contributed by atoms with Gasteiger partial charge < -0.3 is 33.8 Å². The zero-order valence-corrected chi connectivity index (χ0v) is 60.7. The largest absolute Gasteiger partial charge is 0.472 e. The standard InChI is InChI=1S/C75H130O17P2/c1-5-9-13-17-21-25-29-33-34-38-40-44-48-52-56-60-73(78)86-66-71(92-75(80)62-58-54-50-46-42-37-32-28-24-20-16-12-8-4)68-90-94(83,84)88-64-69(76)63-87-93(81,82)89-67-70(91-74(79)61-57-53-49-45-41-36-31-27-23-19-15-11-7-3)65-85-72(77)59-55-51-47-43-39-35-30-26-22-18-14-10-6-2/h9,13-14,16,18,20-21,25-28,30-34,69-71,76H,5-8,10-12,15,17,19,22-24,29,35-68H2,1-4H3,(H,81,82)(H,83,84)/b13-9-,18-14-,20-16-,25-21-,30-26-,31-27-,32-28-,34-33-. The lowest BCUT2D eigenvalue weighted by Crippen LogP contribution is -2.30. The predicted octanol–water partition coefficient (Wildman–Crippen LogP) is 20.4. The van der Waals surface area contributed by atoms with E-state index in [1.165, 1.54) is 25.7 Å². The van der Waals surface area contributed by atoms with Crippen LogP contribution in [-0.4, -0.2) is 96.7 Å². The van der Waals surface area contributed by atoms with Crippen molar-refractivity contribution in [1.82, 2.24) is 0 Å². The summed E-state index contributed by atoms with van der Waals surface area (Å²) in [5.41, 5.74) is 0. The number of phosphoric ester groups is 2. The zero-order chi connectivity index (χ0) is 69.0. The normalized spacial score (nSPS) is 14.6. The summed E-state index contributed by atoms with van der Waals surface area (Å²) in [5, 5.41) is 10.6. The Bertz CT molecular complexity index is 2170. The van der Waals surface area contributed by atoms with Crippen LogP contribution >= 0.6 is 15.6 Å².